The van der Waals surface area contributed by atoms with Crippen LogP contribution < -0.4 is 0 Å². The van der Waals surface area contributed by atoms with E-state index in [9.17, 15) is 5.11 Å². The molecular weight excluding hydrogens is 190 g/mol. The molecule has 1 aliphatic carbocycles. The van der Waals surface area contributed by atoms with E-state index in [0.717, 1.165) is 19.6 Å². The minimum absolute atomic E-state index is 0.101. The summed E-state index contributed by atoms with van der Waals surface area (Å²) in [6, 6.07) is 0. The van der Waals surface area contributed by atoms with Crippen LogP contribution in [-0.4, -0.2) is 49.0 Å². The second-order valence-corrected chi connectivity index (χ2v) is 5.20. The van der Waals surface area contributed by atoms with Gasteiger partial charge in [0.1, 0.15) is 0 Å². The van der Waals surface area contributed by atoms with Gasteiger partial charge < -0.3 is 9.84 Å². The van der Waals surface area contributed by atoms with E-state index in [0.29, 0.717) is 17.9 Å². The van der Waals surface area contributed by atoms with Gasteiger partial charge in [0.2, 0.25) is 0 Å². The first-order valence-electron chi connectivity index (χ1n) is 6.14. The fraction of sp³-hybridized carbons (Fsp3) is 1.00. The van der Waals surface area contributed by atoms with Gasteiger partial charge in [-0.1, -0.05) is 6.92 Å². The first-order valence-corrected chi connectivity index (χ1v) is 6.14. The number of rotatable bonds is 4. The van der Waals surface area contributed by atoms with Gasteiger partial charge in [-0.25, -0.2) is 0 Å². The average molecular weight is 213 g/mol. The van der Waals surface area contributed by atoms with Gasteiger partial charge in [0.15, 0.2) is 0 Å². The Morgan fingerprint density at radius 3 is 2.73 bits per heavy atom. The lowest BCUT2D eigenvalue weighted by molar-refractivity contribution is -0.0200. The molecule has 3 atom stereocenters. The third-order valence-corrected chi connectivity index (χ3v) is 3.89. The Hall–Kier alpha value is -0.120. The van der Waals surface area contributed by atoms with Crippen LogP contribution >= 0.6 is 0 Å². The van der Waals surface area contributed by atoms with Gasteiger partial charge in [-0.3, -0.25) is 4.90 Å². The number of hydrogen-bond donors (Lipinski definition) is 1. The zero-order valence-corrected chi connectivity index (χ0v) is 9.85. The summed E-state index contributed by atoms with van der Waals surface area (Å²) in [5.74, 6) is 1.25. The molecular formula is C12H23NO2. The highest BCUT2D eigenvalue weighted by Crippen LogP contribution is 2.33. The fourth-order valence-corrected chi connectivity index (χ4v) is 2.47. The SMILES string of the molecule is COC1CN(CC(O)C2CC2)CCC1C. The van der Waals surface area contributed by atoms with Crippen molar-refractivity contribution in [1.29, 1.82) is 0 Å². The molecule has 3 heteroatoms. The van der Waals surface area contributed by atoms with E-state index in [1.807, 2.05) is 0 Å². The monoisotopic (exact) mass is 213 g/mol. The molecule has 2 aliphatic rings. The summed E-state index contributed by atoms with van der Waals surface area (Å²) >= 11 is 0. The summed E-state index contributed by atoms with van der Waals surface area (Å²) in [5, 5.41) is 9.88. The molecule has 0 bridgehead atoms. The number of likely N-dealkylation sites (tertiary alicyclic amines) is 1. The molecule has 0 radical (unpaired) electrons. The molecule has 0 amide bonds. The molecule has 2 fully saturated rings. The van der Waals surface area contributed by atoms with Gasteiger partial charge in [-0.05, 0) is 37.6 Å². The smallest absolute Gasteiger partial charge is 0.0724 e. The lowest BCUT2D eigenvalue weighted by Gasteiger charge is -2.37. The summed E-state index contributed by atoms with van der Waals surface area (Å²) in [7, 11) is 1.79. The number of piperidine rings is 1. The Balaban J connectivity index is 1.77. The van der Waals surface area contributed by atoms with Crippen LogP contribution in [0.5, 0.6) is 0 Å². The average Bonchev–Trinajstić information content (AvgIpc) is 3.04. The van der Waals surface area contributed by atoms with E-state index < -0.39 is 0 Å². The number of hydrogen-bond acceptors (Lipinski definition) is 3. The molecule has 1 saturated heterocycles. The molecule has 2 rings (SSSR count). The Morgan fingerprint density at radius 1 is 1.40 bits per heavy atom. The molecule has 3 unspecified atom stereocenters. The molecule has 0 aromatic heterocycles. The molecule has 0 spiro atoms. The molecule has 1 saturated carbocycles. The maximum Gasteiger partial charge on any atom is 0.0724 e. The van der Waals surface area contributed by atoms with Crippen LogP contribution in [0.25, 0.3) is 0 Å². The van der Waals surface area contributed by atoms with Gasteiger partial charge in [0.25, 0.3) is 0 Å². The van der Waals surface area contributed by atoms with Gasteiger partial charge >= 0.3 is 0 Å². The fourth-order valence-electron chi connectivity index (χ4n) is 2.47. The largest absolute Gasteiger partial charge is 0.392 e. The van der Waals surface area contributed by atoms with Crippen molar-refractivity contribution in [3.63, 3.8) is 0 Å². The van der Waals surface area contributed by atoms with E-state index in [1.54, 1.807) is 7.11 Å². The van der Waals surface area contributed by atoms with Crippen molar-refractivity contribution >= 4 is 0 Å². The summed E-state index contributed by atoms with van der Waals surface area (Å²) in [6.07, 6.45) is 3.88. The van der Waals surface area contributed by atoms with Crippen LogP contribution in [0.1, 0.15) is 26.2 Å². The number of aliphatic hydroxyl groups is 1. The summed E-state index contributed by atoms with van der Waals surface area (Å²) in [4.78, 5) is 2.36. The quantitative estimate of drug-likeness (QED) is 0.759. The minimum atomic E-state index is -0.101. The van der Waals surface area contributed by atoms with E-state index in [1.165, 1.54) is 19.3 Å². The number of nitrogens with zero attached hydrogens (tertiary/aromatic N) is 1. The second-order valence-electron chi connectivity index (χ2n) is 5.20. The normalized spacial score (nSPS) is 35.4. The molecule has 1 aliphatic heterocycles. The first-order chi connectivity index (χ1) is 7.20. The third kappa shape index (κ3) is 2.92. The molecule has 15 heavy (non-hydrogen) atoms. The Kier molecular flexibility index (Phi) is 3.65. The van der Waals surface area contributed by atoms with Crippen LogP contribution in [0.4, 0.5) is 0 Å². The van der Waals surface area contributed by atoms with Crippen molar-refractivity contribution in [1.82, 2.24) is 4.90 Å². The lowest BCUT2D eigenvalue weighted by atomic mass is 9.95. The van der Waals surface area contributed by atoms with E-state index in [-0.39, 0.29) is 6.10 Å². The number of ether oxygens (including phenoxy) is 1. The standard InChI is InChI=1S/C12H23NO2/c1-9-5-6-13(8-12(9)15-2)7-11(14)10-3-4-10/h9-12,14H,3-8H2,1-2H3. The van der Waals surface area contributed by atoms with Crippen LogP contribution in [0.15, 0.2) is 0 Å². The molecule has 0 aromatic carbocycles. The topological polar surface area (TPSA) is 32.7 Å². The highest BCUT2D eigenvalue weighted by Gasteiger charge is 2.33. The molecule has 3 nitrogen and oxygen atoms in total. The Labute approximate surface area is 92.4 Å². The summed E-state index contributed by atoms with van der Waals surface area (Å²) < 4.78 is 5.47. The molecule has 0 aromatic rings. The summed E-state index contributed by atoms with van der Waals surface area (Å²) in [6.45, 7) is 5.20. The van der Waals surface area contributed by atoms with Crippen LogP contribution in [-0.2, 0) is 4.74 Å². The predicted octanol–water partition coefficient (Wildman–Crippen LogP) is 1.11. The highest BCUT2D eigenvalue weighted by molar-refractivity contribution is 4.86. The van der Waals surface area contributed by atoms with Crippen molar-refractivity contribution in [3.8, 4) is 0 Å². The molecule has 1 N–H and O–H groups in total. The first kappa shape index (κ1) is 11.4. The van der Waals surface area contributed by atoms with Gasteiger partial charge in [0, 0.05) is 20.2 Å². The second kappa shape index (κ2) is 4.81. The molecule has 88 valence electrons. The van der Waals surface area contributed by atoms with Crippen molar-refractivity contribution in [2.45, 2.75) is 38.4 Å². The summed E-state index contributed by atoms with van der Waals surface area (Å²) in [5.41, 5.74) is 0. The van der Waals surface area contributed by atoms with E-state index in [4.69, 9.17) is 4.74 Å². The Morgan fingerprint density at radius 2 is 2.13 bits per heavy atom. The number of β-amino-alcohol motifs (C(OH)–C–C–N with tert-alkyl or cyclic N) is 1. The van der Waals surface area contributed by atoms with Crippen LogP contribution in [0, 0.1) is 11.8 Å². The maximum atomic E-state index is 9.88. The molecule has 1 heterocycles. The van der Waals surface area contributed by atoms with Gasteiger partial charge in [-0.15, -0.1) is 0 Å². The van der Waals surface area contributed by atoms with Gasteiger partial charge in [0.05, 0.1) is 12.2 Å². The third-order valence-electron chi connectivity index (χ3n) is 3.89. The van der Waals surface area contributed by atoms with Crippen LogP contribution in [0.2, 0.25) is 0 Å². The maximum absolute atomic E-state index is 9.88. The number of aliphatic hydroxyl groups excluding tert-OH is 1. The Bertz CT molecular complexity index is 204. The number of methoxy groups -OCH3 is 1. The zero-order valence-electron chi connectivity index (χ0n) is 9.85. The van der Waals surface area contributed by atoms with Crippen molar-refractivity contribution in [3.05, 3.63) is 0 Å². The van der Waals surface area contributed by atoms with Crippen LogP contribution in [0.3, 0.4) is 0 Å². The van der Waals surface area contributed by atoms with E-state index in [2.05, 4.69) is 11.8 Å². The van der Waals surface area contributed by atoms with E-state index >= 15 is 0 Å². The zero-order chi connectivity index (χ0) is 10.8. The van der Waals surface area contributed by atoms with Crippen molar-refractivity contribution in [2.24, 2.45) is 11.8 Å². The van der Waals surface area contributed by atoms with Crippen molar-refractivity contribution in [2.75, 3.05) is 26.7 Å². The lowest BCUT2D eigenvalue weighted by Crippen LogP contribution is -2.46. The van der Waals surface area contributed by atoms with Crippen molar-refractivity contribution < 1.29 is 9.84 Å². The predicted molar refractivity (Wildman–Crippen MR) is 59.7 cm³/mol. The highest BCUT2D eigenvalue weighted by atomic mass is 16.5. The van der Waals surface area contributed by atoms with Gasteiger partial charge in [-0.2, -0.15) is 0 Å². The minimum Gasteiger partial charge on any atom is -0.392 e.